The molecule has 0 bridgehead atoms. The molecule has 0 saturated heterocycles. The van der Waals surface area contributed by atoms with E-state index in [-0.39, 0.29) is 0 Å². The van der Waals surface area contributed by atoms with E-state index in [1.807, 2.05) is 18.2 Å². The number of aromatic amines is 1. The quantitative estimate of drug-likeness (QED) is 0.676. The maximum absolute atomic E-state index is 5.33. The lowest BCUT2D eigenvalue weighted by atomic mass is 9.98. The highest BCUT2D eigenvalue weighted by Gasteiger charge is 2.08. The number of benzene rings is 2. The van der Waals surface area contributed by atoms with Crippen molar-refractivity contribution in [3.8, 4) is 11.3 Å². The summed E-state index contributed by atoms with van der Waals surface area (Å²) >= 11 is 5.33. The van der Waals surface area contributed by atoms with Crippen LogP contribution in [0.3, 0.4) is 0 Å². The summed E-state index contributed by atoms with van der Waals surface area (Å²) in [6, 6.07) is 16.8. The SMILES string of the molecule is CC(C)Cc1cccc(-c2n[nH]c(=S)c3ccccc23)c1. The second-order valence-corrected chi connectivity index (χ2v) is 6.15. The summed E-state index contributed by atoms with van der Waals surface area (Å²) in [5.74, 6) is 0.645. The maximum atomic E-state index is 5.33. The molecule has 0 aliphatic rings. The second-order valence-electron chi connectivity index (χ2n) is 5.75. The van der Waals surface area contributed by atoms with Crippen LogP contribution in [0.4, 0.5) is 0 Å². The highest BCUT2D eigenvalue weighted by Crippen LogP contribution is 2.27. The standard InChI is InChI=1S/C18H18N2S/c1-12(2)10-13-6-5-7-14(11-13)17-15-8-3-4-9-16(15)18(21)20-19-17/h3-9,11-12H,10H2,1-2H3,(H,20,21). The van der Waals surface area contributed by atoms with Gasteiger partial charge in [0, 0.05) is 16.3 Å². The molecule has 0 unspecified atom stereocenters. The smallest absolute Gasteiger partial charge is 0.127 e. The van der Waals surface area contributed by atoms with E-state index in [4.69, 9.17) is 12.2 Å². The summed E-state index contributed by atoms with van der Waals surface area (Å²) in [4.78, 5) is 0. The normalized spacial score (nSPS) is 11.2. The number of hydrogen-bond acceptors (Lipinski definition) is 2. The Morgan fingerprint density at radius 1 is 1.05 bits per heavy atom. The fourth-order valence-corrected chi connectivity index (χ4v) is 2.88. The molecule has 0 radical (unpaired) electrons. The molecule has 0 amide bonds. The average molecular weight is 294 g/mol. The van der Waals surface area contributed by atoms with Crippen LogP contribution in [0.5, 0.6) is 0 Å². The van der Waals surface area contributed by atoms with Gasteiger partial charge in [-0.3, -0.25) is 5.10 Å². The van der Waals surface area contributed by atoms with Crippen molar-refractivity contribution < 1.29 is 0 Å². The highest BCUT2D eigenvalue weighted by molar-refractivity contribution is 7.71. The zero-order valence-corrected chi connectivity index (χ0v) is 13.1. The summed E-state index contributed by atoms with van der Waals surface area (Å²) in [6.45, 7) is 4.47. The first-order chi connectivity index (χ1) is 10.1. The topological polar surface area (TPSA) is 28.7 Å². The Bertz CT molecular complexity index is 834. The van der Waals surface area contributed by atoms with Crippen LogP contribution in [0, 0.1) is 10.6 Å². The third kappa shape index (κ3) is 2.88. The molecule has 0 spiro atoms. The van der Waals surface area contributed by atoms with Gasteiger partial charge in [-0.2, -0.15) is 5.10 Å². The Hall–Kier alpha value is -2.00. The van der Waals surface area contributed by atoms with Crippen LogP contribution in [0.2, 0.25) is 0 Å². The molecule has 1 aromatic heterocycles. The van der Waals surface area contributed by atoms with E-state index in [1.165, 1.54) is 5.56 Å². The number of fused-ring (bicyclic) bond motifs is 1. The Labute approximate surface area is 129 Å². The van der Waals surface area contributed by atoms with Crippen molar-refractivity contribution in [3.05, 3.63) is 58.7 Å². The number of rotatable bonds is 3. The predicted octanol–water partition coefficient (Wildman–Crippen LogP) is 5.16. The fraction of sp³-hybridized carbons (Fsp3) is 0.222. The van der Waals surface area contributed by atoms with Gasteiger partial charge in [0.05, 0.1) is 5.69 Å². The van der Waals surface area contributed by atoms with Crippen molar-refractivity contribution in [2.75, 3.05) is 0 Å². The average Bonchev–Trinajstić information content (AvgIpc) is 2.47. The van der Waals surface area contributed by atoms with E-state index in [0.29, 0.717) is 10.6 Å². The maximum Gasteiger partial charge on any atom is 0.127 e. The third-order valence-corrected chi connectivity index (χ3v) is 3.85. The van der Waals surface area contributed by atoms with Gasteiger partial charge in [-0.15, -0.1) is 0 Å². The van der Waals surface area contributed by atoms with Gasteiger partial charge in [0.1, 0.15) is 4.64 Å². The lowest BCUT2D eigenvalue weighted by Gasteiger charge is -2.09. The van der Waals surface area contributed by atoms with Gasteiger partial charge in [0.15, 0.2) is 0 Å². The van der Waals surface area contributed by atoms with Gasteiger partial charge in [0.25, 0.3) is 0 Å². The number of nitrogens with one attached hydrogen (secondary N) is 1. The summed E-state index contributed by atoms with van der Waals surface area (Å²) < 4.78 is 0.688. The molecule has 1 heterocycles. The van der Waals surface area contributed by atoms with E-state index in [9.17, 15) is 0 Å². The third-order valence-electron chi connectivity index (χ3n) is 3.54. The van der Waals surface area contributed by atoms with E-state index in [1.54, 1.807) is 0 Å². The highest BCUT2D eigenvalue weighted by atomic mass is 32.1. The molecule has 3 rings (SSSR count). The number of hydrogen-bond donors (Lipinski definition) is 1. The van der Waals surface area contributed by atoms with Gasteiger partial charge in [0.2, 0.25) is 0 Å². The fourth-order valence-electron chi connectivity index (χ4n) is 2.65. The van der Waals surface area contributed by atoms with E-state index >= 15 is 0 Å². The molecule has 0 saturated carbocycles. The summed E-state index contributed by atoms with van der Waals surface area (Å²) in [7, 11) is 0. The van der Waals surface area contributed by atoms with E-state index in [0.717, 1.165) is 28.5 Å². The summed E-state index contributed by atoms with van der Waals surface area (Å²) in [5, 5.41) is 9.58. The zero-order valence-electron chi connectivity index (χ0n) is 12.3. The van der Waals surface area contributed by atoms with E-state index in [2.05, 4.69) is 54.4 Å². The van der Waals surface area contributed by atoms with Crippen LogP contribution in [0.15, 0.2) is 48.5 Å². The minimum atomic E-state index is 0.645. The number of aromatic nitrogens is 2. The van der Waals surface area contributed by atoms with Gasteiger partial charge in [-0.1, -0.05) is 68.5 Å². The van der Waals surface area contributed by atoms with Crippen LogP contribution in [0.25, 0.3) is 22.0 Å². The Balaban J connectivity index is 2.17. The molecule has 21 heavy (non-hydrogen) atoms. The Kier molecular flexibility index (Phi) is 3.84. The minimum Gasteiger partial charge on any atom is -0.267 e. The Morgan fingerprint density at radius 2 is 1.81 bits per heavy atom. The molecule has 0 aliphatic heterocycles. The molecule has 0 aliphatic carbocycles. The van der Waals surface area contributed by atoms with Crippen molar-refractivity contribution in [3.63, 3.8) is 0 Å². The molecule has 3 heteroatoms. The van der Waals surface area contributed by atoms with Crippen molar-refractivity contribution in [1.29, 1.82) is 0 Å². The zero-order chi connectivity index (χ0) is 14.8. The van der Waals surface area contributed by atoms with Crippen LogP contribution in [-0.2, 0) is 6.42 Å². The predicted molar refractivity (Wildman–Crippen MR) is 90.9 cm³/mol. The first-order valence-electron chi connectivity index (χ1n) is 7.22. The first kappa shape index (κ1) is 14.0. The molecular formula is C18H18N2S. The molecule has 2 nitrogen and oxygen atoms in total. The lowest BCUT2D eigenvalue weighted by Crippen LogP contribution is -1.96. The molecule has 1 N–H and O–H groups in total. The molecular weight excluding hydrogens is 276 g/mol. The number of nitrogens with zero attached hydrogens (tertiary/aromatic N) is 1. The first-order valence-corrected chi connectivity index (χ1v) is 7.62. The number of H-pyrrole nitrogens is 1. The van der Waals surface area contributed by atoms with Crippen molar-refractivity contribution in [1.82, 2.24) is 10.2 Å². The van der Waals surface area contributed by atoms with Crippen LogP contribution in [-0.4, -0.2) is 10.2 Å². The second kappa shape index (κ2) is 5.78. The molecule has 0 fully saturated rings. The largest absolute Gasteiger partial charge is 0.267 e. The van der Waals surface area contributed by atoms with Gasteiger partial charge in [-0.05, 0) is 24.0 Å². The molecule has 3 aromatic rings. The monoisotopic (exact) mass is 294 g/mol. The summed E-state index contributed by atoms with van der Waals surface area (Å²) in [5.41, 5.74) is 3.44. The van der Waals surface area contributed by atoms with Gasteiger partial charge < -0.3 is 0 Å². The molecule has 2 aromatic carbocycles. The van der Waals surface area contributed by atoms with Crippen molar-refractivity contribution in [2.45, 2.75) is 20.3 Å². The molecule has 106 valence electrons. The lowest BCUT2D eigenvalue weighted by molar-refractivity contribution is 0.647. The van der Waals surface area contributed by atoms with Gasteiger partial charge in [-0.25, -0.2) is 0 Å². The van der Waals surface area contributed by atoms with Crippen molar-refractivity contribution >= 4 is 23.0 Å². The minimum absolute atomic E-state index is 0.645. The van der Waals surface area contributed by atoms with Crippen LogP contribution >= 0.6 is 12.2 Å². The Morgan fingerprint density at radius 3 is 2.57 bits per heavy atom. The van der Waals surface area contributed by atoms with E-state index < -0.39 is 0 Å². The van der Waals surface area contributed by atoms with Crippen molar-refractivity contribution in [2.24, 2.45) is 5.92 Å². The molecule has 0 atom stereocenters. The van der Waals surface area contributed by atoms with Gasteiger partial charge >= 0.3 is 0 Å². The van der Waals surface area contributed by atoms with Crippen LogP contribution in [0.1, 0.15) is 19.4 Å². The van der Waals surface area contributed by atoms with Crippen LogP contribution < -0.4 is 0 Å². The summed E-state index contributed by atoms with van der Waals surface area (Å²) in [6.07, 6.45) is 1.08.